The maximum absolute atomic E-state index is 7.32. The van der Waals surface area contributed by atoms with Crippen LogP contribution in [0, 0.1) is 0 Å². The number of para-hydroxylation sites is 3. The Labute approximate surface area is 352 Å². The van der Waals surface area contributed by atoms with Crippen molar-refractivity contribution in [2.75, 3.05) is 4.90 Å². The Morgan fingerprint density at radius 2 is 0.902 bits per heavy atom. The van der Waals surface area contributed by atoms with E-state index in [0.717, 1.165) is 99.5 Å². The highest BCUT2D eigenvalue weighted by atomic mass is 16.3. The molecule has 10 aromatic carbocycles. The lowest BCUT2D eigenvalue weighted by molar-refractivity contribution is 0.620. The molecule has 0 spiro atoms. The summed E-state index contributed by atoms with van der Waals surface area (Å²) in [4.78, 5) is 7.21. The maximum Gasteiger partial charge on any atom is 0.227 e. The van der Waals surface area contributed by atoms with Crippen LogP contribution in [0.15, 0.2) is 227 Å². The minimum atomic E-state index is 0.607. The van der Waals surface area contributed by atoms with Gasteiger partial charge in [0, 0.05) is 33.3 Å². The van der Waals surface area contributed by atoms with E-state index in [1.807, 2.05) is 24.3 Å². The van der Waals surface area contributed by atoms with Gasteiger partial charge >= 0.3 is 0 Å². The van der Waals surface area contributed by atoms with Gasteiger partial charge in [0.05, 0.1) is 5.69 Å². The van der Waals surface area contributed by atoms with E-state index in [0.29, 0.717) is 5.89 Å². The quantitative estimate of drug-likeness (QED) is 0.162. The smallest absolute Gasteiger partial charge is 0.227 e. The van der Waals surface area contributed by atoms with Crippen molar-refractivity contribution in [3.05, 3.63) is 218 Å². The molecule has 4 heteroatoms. The fourth-order valence-corrected chi connectivity index (χ4v) is 9.01. The Kier molecular flexibility index (Phi) is 8.13. The number of benzene rings is 10. The highest BCUT2D eigenvalue weighted by Crippen LogP contribution is 2.48. The first-order valence-corrected chi connectivity index (χ1v) is 20.6. The van der Waals surface area contributed by atoms with Gasteiger partial charge in [-0.1, -0.05) is 170 Å². The van der Waals surface area contributed by atoms with Crippen LogP contribution in [0.25, 0.3) is 99.4 Å². The molecular weight excluding hydrogens is 745 g/mol. The molecule has 0 aliphatic heterocycles. The van der Waals surface area contributed by atoms with Crippen LogP contribution in [-0.2, 0) is 0 Å². The van der Waals surface area contributed by atoms with Gasteiger partial charge in [0.15, 0.2) is 11.2 Å². The predicted octanol–water partition coefficient (Wildman–Crippen LogP) is 16.2. The zero-order chi connectivity index (χ0) is 40.3. The van der Waals surface area contributed by atoms with Crippen LogP contribution >= 0.6 is 0 Å². The zero-order valence-electron chi connectivity index (χ0n) is 33.0. The van der Waals surface area contributed by atoms with E-state index in [2.05, 4.69) is 199 Å². The molecule has 2 heterocycles. The first-order valence-electron chi connectivity index (χ1n) is 20.6. The van der Waals surface area contributed by atoms with Gasteiger partial charge in [0.25, 0.3) is 0 Å². The molecule has 2 aromatic heterocycles. The summed E-state index contributed by atoms with van der Waals surface area (Å²) in [6, 6.07) is 76.9. The Morgan fingerprint density at radius 3 is 1.57 bits per heavy atom. The van der Waals surface area contributed by atoms with Gasteiger partial charge < -0.3 is 13.7 Å². The molecule has 0 N–H and O–H groups in total. The first kappa shape index (κ1) is 34.8. The molecule has 0 bridgehead atoms. The molecule has 0 saturated carbocycles. The summed E-state index contributed by atoms with van der Waals surface area (Å²) in [6.45, 7) is 0. The summed E-state index contributed by atoms with van der Waals surface area (Å²) >= 11 is 0. The fourth-order valence-electron chi connectivity index (χ4n) is 9.01. The molecule has 12 rings (SSSR count). The van der Waals surface area contributed by atoms with E-state index >= 15 is 0 Å². The van der Waals surface area contributed by atoms with Gasteiger partial charge in [-0.3, -0.25) is 0 Å². The Morgan fingerprint density at radius 1 is 0.361 bits per heavy atom. The summed E-state index contributed by atoms with van der Waals surface area (Å²) in [5, 5.41) is 6.60. The third kappa shape index (κ3) is 5.88. The topological polar surface area (TPSA) is 42.4 Å². The second-order valence-corrected chi connectivity index (χ2v) is 15.5. The molecule has 4 nitrogen and oxygen atoms in total. The highest BCUT2D eigenvalue weighted by Gasteiger charge is 2.24. The van der Waals surface area contributed by atoms with E-state index in [1.165, 1.54) is 11.1 Å². The maximum atomic E-state index is 7.32. The molecule has 0 saturated heterocycles. The van der Waals surface area contributed by atoms with Crippen LogP contribution in [-0.4, -0.2) is 4.98 Å². The Balaban J connectivity index is 1.08. The van der Waals surface area contributed by atoms with Gasteiger partial charge in [-0.05, 0) is 97.9 Å². The molecule has 0 fully saturated rings. The van der Waals surface area contributed by atoms with E-state index in [9.17, 15) is 0 Å². The van der Waals surface area contributed by atoms with Gasteiger partial charge in [0.2, 0.25) is 5.89 Å². The van der Waals surface area contributed by atoms with Crippen molar-refractivity contribution in [1.82, 2.24) is 4.98 Å². The molecule has 0 unspecified atom stereocenters. The normalized spacial score (nSPS) is 11.6. The van der Waals surface area contributed by atoms with Crippen LogP contribution in [0.3, 0.4) is 0 Å². The molecule has 61 heavy (non-hydrogen) atoms. The minimum absolute atomic E-state index is 0.607. The number of rotatable bonds is 7. The number of furan rings is 1. The van der Waals surface area contributed by atoms with Crippen molar-refractivity contribution in [3.63, 3.8) is 0 Å². The lowest BCUT2D eigenvalue weighted by Gasteiger charge is -2.26. The molecule has 0 radical (unpaired) electrons. The lowest BCUT2D eigenvalue weighted by Crippen LogP contribution is -2.10. The third-order valence-electron chi connectivity index (χ3n) is 11.9. The van der Waals surface area contributed by atoms with Gasteiger partial charge in [-0.15, -0.1) is 0 Å². The molecule has 0 amide bonds. The van der Waals surface area contributed by atoms with Crippen molar-refractivity contribution < 1.29 is 8.83 Å². The molecule has 12 aromatic rings. The monoisotopic (exact) mass is 780 g/mol. The lowest BCUT2D eigenvalue weighted by atomic mass is 9.93. The van der Waals surface area contributed by atoms with Crippen LogP contribution in [0.4, 0.5) is 17.1 Å². The summed E-state index contributed by atoms with van der Waals surface area (Å²) in [6.07, 6.45) is 0. The van der Waals surface area contributed by atoms with Crippen molar-refractivity contribution >= 4 is 71.6 Å². The number of hydrogen-bond donors (Lipinski definition) is 0. The molecule has 0 aliphatic rings. The number of fused-ring (bicyclic) bond motifs is 7. The van der Waals surface area contributed by atoms with Crippen molar-refractivity contribution in [2.45, 2.75) is 0 Å². The standard InChI is InChI=1S/C57H36N2O2/c1-3-14-37(15-4-1)39-26-30-42(31-27-39)59(43-32-28-40(29-33-43)38-16-5-2-6-17-38)52-36-41-18-7-8-19-44(41)54-50-23-13-22-48(55(50)61-56(52)54)47-34-35-49(46-21-10-9-20-45(46)47)57-58-51-24-11-12-25-53(51)60-57/h1-36H. The van der Waals surface area contributed by atoms with E-state index in [4.69, 9.17) is 13.8 Å². The van der Waals surface area contributed by atoms with E-state index in [-0.39, 0.29) is 0 Å². The highest BCUT2D eigenvalue weighted by molar-refractivity contribution is 6.25. The second-order valence-electron chi connectivity index (χ2n) is 15.5. The summed E-state index contributed by atoms with van der Waals surface area (Å²) in [5.74, 6) is 0.607. The van der Waals surface area contributed by atoms with Crippen molar-refractivity contribution in [3.8, 4) is 44.8 Å². The van der Waals surface area contributed by atoms with Gasteiger partial charge in [-0.2, -0.15) is 0 Å². The summed E-state index contributed by atoms with van der Waals surface area (Å²) < 4.78 is 13.6. The Bertz CT molecular complexity index is 3450. The van der Waals surface area contributed by atoms with Crippen molar-refractivity contribution in [1.29, 1.82) is 0 Å². The molecule has 286 valence electrons. The van der Waals surface area contributed by atoms with E-state index < -0.39 is 0 Å². The molecular formula is C57H36N2O2. The number of nitrogens with zero attached hydrogens (tertiary/aromatic N) is 2. The fraction of sp³-hybridized carbons (Fsp3) is 0. The van der Waals surface area contributed by atoms with Crippen molar-refractivity contribution in [2.24, 2.45) is 0 Å². The van der Waals surface area contributed by atoms with Crippen LogP contribution in [0.1, 0.15) is 0 Å². The third-order valence-corrected chi connectivity index (χ3v) is 11.9. The average molecular weight is 781 g/mol. The van der Waals surface area contributed by atoms with Gasteiger partial charge in [-0.25, -0.2) is 4.98 Å². The number of oxazole rings is 1. The summed E-state index contributed by atoms with van der Waals surface area (Å²) in [5.41, 5.74) is 14.1. The van der Waals surface area contributed by atoms with E-state index in [1.54, 1.807) is 0 Å². The largest absolute Gasteiger partial charge is 0.453 e. The number of aromatic nitrogens is 1. The zero-order valence-corrected chi connectivity index (χ0v) is 33.0. The van der Waals surface area contributed by atoms with Crippen LogP contribution in [0.5, 0.6) is 0 Å². The van der Waals surface area contributed by atoms with Crippen LogP contribution in [0.2, 0.25) is 0 Å². The average Bonchev–Trinajstić information content (AvgIpc) is 3.95. The molecule has 0 aliphatic carbocycles. The SMILES string of the molecule is c1ccc(-c2ccc(N(c3ccc(-c4ccccc4)cc3)c3cc4ccccc4c4c3oc3c(-c5ccc(-c6nc7ccccc7o6)c6ccccc56)cccc34)cc2)cc1. The van der Waals surface area contributed by atoms with Gasteiger partial charge in [0.1, 0.15) is 11.1 Å². The predicted molar refractivity (Wildman–Crippen MR) is 253 cm³/mol. The Hall–Kier alpha value is -8.21. The number of hydrogen-bond acceptors (Lipinski definition) is 4. The van der Waals surface area contributed by atoms with Crippen LogP contribution < -0.4 is 4.90 Å². The second kappa shape index (κ2) is 14.3. The summed E-state index contributed by atoms with van der Waals surface area (Å²) in [7, 11) is 0. The first-order chi connectivity index (χ1) is 30.2. The molecule has 0 atom stereocenters. The number of anilines is 3. The minimum Gasteiger partial charge on any atom is -0.453 e.